The first kappa shape index (κ1) is 20.9. The Kier molecular flexibility index (Phi) is 6.24. The number of carbonyl (C=O) groups excluding carboxylic acids is 1. The Labute approximate surface area is 175 Å². The quantitative estimate of drug-likeness (QED) is 0.390. The Hall–Kier alpha value is -2.84. The molecule has 0 aliphatic rings. The highest BCUT2D eigenvalue weighted by Crippen LogP contribution is 2.40. The van der Waals surface area contributed by atoms with Crippen LogP contribution in [0.3, 0.4) is 0 Å². The van der Waals surface area contributed by atoms with Crippen LogP contribution in [0.25, 0.3) is 10.8 Å². The molecule has 148 valence electrons. The van der Waals surface area contributed by atoms with Crippen molar-refractivity contribution in [1.29, 1.82) is 5.26 Å². The van der Waals surface area contributed by atoms with Gasteiger partial charge in [0.1, 0.15) is 4.75 Å². The van der Waals surface area contributed by atoms with E-state index in [1.807, 2.05) is 69.4 Å². The molecular weight excluding hydrogens is 380 g/mol. The van der Waals surface area contributed by atoms with Crippen molar-refractivity contribution < 1.29 is 9.53 Å². The summed E-state index contributed by atoms with van der Waals surface area (Å²) >= 11 is 1.49. The van der Waals surface area contributed by atoms with Gasteiger partial charge in [-0.1, -0.05) is 37.3 Å². The van der Waals surface area contributed by atoms with Gasteiger partial charge >= 0.3 is 5.97 Å². The largest absolute Gasteiger partial charge is 0.465 e. The monoisotopic (exact) mass is 404 g/mol. The standard InChI is InChI=1S/C24H24N2O2S/c1-5-28-23(27)24(3,4)29-22-12-13-26-15-21(22)16(2)18-11-10-17(14-25)19-8-6-7-9-20(18)19/h6-13,15-16H,5H2,1-4H3. The van der Waals surface area contributed by atoms with Gasteiger partial charge in [0.2, 0.25) is 0 Å². The van der Waals surface area contributed by atoms with E-state index >= 15 is 0 Å². The fourth-order valence-electron chi connectivity index (χ4n) is 3.40. The lowest BCUT2D eigenvalue weighted by molar-refractivity contribution is -0.145. The first-order chi connectivity index (χ1) is 13.9. The molecule has 0 N–H and O–H groups in total. The number of aromatic nitrogens is 1. The predicted octanol–water partition coefficient (Wildman–Crippen LogP) is 5.69. The van der Waals surface area contributed by atoms with Gasteiger partial charge in [0, 0.05) is 23.2 Å². The number of nitriles is 1. The zero-order chi connectivity index (χ0) is 21.0. The normalized spacial score (nSPS) is 12.4. The van der Waals surface area contributed by atoms with Crippen molar-refractivity contribution in [3.63, 3.8) is 0 Å². The van der Waals surface area contributed by atoms with E-state index in [0.29, 0.717) is 12.2 Å². The summed E-state index contributed by atoms with van der Waals surface area (Å²) in [5.41, 5.74) is 2.84. The van der Waals surface area contributed by atoms with Crippen LogP contribution in [0.1, 0.15) is 50.3 Å². The maximum atomic E-state index is 12.4. The molecule has 0 saturated carbocycles. The predicted molar refractivity (Wildman–Crippen MR) is 117 cm³/mol. The number of benzene rings is 2. The average molecular weight is 405 g/mol. The molecule has 0 aliphatic heterocycles. The molecule has 0 fully saturated rings. The average Bonchev–Trinajstić information content (AvgIpc) is 2.72. The summed E-state index contributed by atoms with van der Waals surface area (Å²) < 4.78 is 4.53. The zero-order valence-corrected chi connectivity index (χ0v) is 17.9. The third kappa shape index (κ3) is 4.28. The summed E-state index contributed by atoms with van der Waals surface area (Å²) in [6.07, 6.45) is 3.61. The molecule has 0 radical (unpaired) electrons. The lowest BCUT2D eigenvalue weighted by atomic mass is 9.88. The summed E-state index contributed by atoms with van der Waals surface area (Å²) in [5, 5.41) is 11.4. The molecule has 0 bridgehead atoms. The fraction of sp³-hybridized carbons (Fsp3) is 0.292. The molecule has 4 nitrogen and oxygen atoms in total. The number of nitrogens with zero attached hydrogens (tertiary/aromatic N) is 2. The van der Waals surface area contributed by atoms with Crippen LogP contribution in [0, 0.1) is 11.3 Å². The Bertz CT molecular complexity index is 1090. The van der Waals surface area contributed by atoms with Crippen LogP contribution in [0.4, 0.5) is 0 Å². The number of carbonyl (C=O) groups is 1. The number of rotatable bonds is 6. The van der Waals surface area contributed by atoms with E-state index in [2.05, 4.69) is 18.0 Å². The maximum absolute atomic E-state index is 12.4. The Morgan fingerprint density at radius 1 is 1.17 bits per heavy atom. The minimum absolute atomic E-state index is 0.0434. The van der Waals surface area contributed by atoms with Gasteiger partial charge in [-0.25, -0.2) is 0 Å². The minimum Gasteiger partial charge on any atom is -0.465 e. The van der Waals surface area contributed by atoms with Gasteiger partial charge in [-0.15, -0.1) is 11.8 Å². The van der Waals surface area contributed by atoms with Crippen molar-refractivity contribution in [3.8, 4) is 6.07 Å². The van der Waals surface area contributed by atoms with Gasteiger partial charge in [0.15, 0.2) is 0 Å². The molecule has 0 saturated heterocycles. The number of hydrogen-bond donors (Lipinski definition) is 0. The van der Waals surface area contributed by atoms with E-state index in [1.165, 1.54) is 11.8 Å². The van der Waals surface area contributed by atoms with E-state index < -0.39 is 4.75 Å². The summed E-state index contributed by atoms with van der Waals surface area (Å²) in [4.78, 5) is 17.7. The third-order valence-corrected chi connectivity index (χ3v) is 6.22. The van der Waals surface area contributed by atoms with Crippen LogP contribution in [0.5, 0.6) is 0 Å². The van der Waals surface area contributed by atoms with Crippen molar-refractivity contribution in [1.82, 2.24) is 4.98 Å². The highest BCUT2D eigenvalue weighted by molar-refractivity contribution is 8.01. The molecular formula is C24H24N2O2S. The number of esters is 1. The Morgan fingerprint density at radius 3 is 2.59 bits per heavy atom. The highest BCUT2D eigenvalue weighted by atomic mass is 32.2. The van der Waals surface area contributed by atoms with Crippen LogP contribution in [-0.4, -0.2) is 22.3 Å². The SMILES string of the molecule is CCOC(=O)C(C)(C)Sc1ccncc1C(C)c1ccc(C#N)c2ccccc12. The van der Waals surface area contributed by atoms with Crippen LogP contribution >= 0.6 is 11.8 Å². The first-order valence-electron chi connectivity index (χ1n) is 9.61. The molecule has 1 heterocycles. The summed E-state index contributed by atoms with van der Waals surface area (Å²) in [7, 11) is 0. The van der Waals surface area contributed by atoms with Gasteiger partial charge in [0.25, 0.3) is 0 Å². The fourth-order valence-corrected chi connectivity index (χ4v) is 4.57. The van der Waals surface area contributed by atoms with Gasteiger partial charge in [0.05, 0.1) is 18.2 Å². The van der Waals surface area contributed by atoms with E-state index in [9.17, 15) is 10.1 Å². The molecule has 0 aliphatic carbocycles. The molecule has 1 atom stereocenters. The van der Waals surface area contributed by atoms with Gasteiger partial charge < -0.3 is 4.74 Å². The van der Waals surface area contributed by atoms with E-state index in [1.54, 1.807) is 6.20 Å². The molecule has 1 unspecified atom stereocenters. The van der Waals surface area contributed by atoms with E-state index in [4.69, 9.17) is 4.74 Å². The first-order valence-corrected chi connectivity index (χ1v) is 10.4. The summed E-state index contributed by atoms with van der Waals surface area (Å²) in [5.74, 6) is -0.189. The second-order valence-corrected chi connectivity index (χ2v) is 8.99. The van der Waals surface area contributed by atoms with Crippen molar-refractivity contribution >= 4 is 28.5 Å². The molecule has 2 aromatic carbocycles. The number of thioether (sulfide) groups is 1. The topological polar surface area (TPSA) is 63.0 Å². The van der Waals surface area contributed by atoms with Crippen LogP contribution in [0.2, 0.25) is 0 Å². The summed E-state index contributed by atoms with van der Waals surface area (Å²) in [6.45, 7) is 8.06. The number of pyridine rings is 1. The number of hydrogen-bond acceptors (Lipinski definition) is 5. The van der Waals surface area contributed by atoms with Crippen LogP contribution < -0.4 is 0 Å². The minimum atomic E-state index is -0.710. The molecule has 29 heavy (non-hydrogen) atoms. The second kappa shape index (κ2) is 8.67. The van der Waals surface area contributed by atoms with Crippen molar-refractivity contribution in [2.75, 3.05) is 6.61 Å². The van der Waals surface area contributed by atoms with Crippen LogP contribution in [-0.2, 0) is 9.53 Å². The van der Waals surface area contributed by atoms with Crippen molar-refractivity contribution in [2.24, 2.45) is 0 Å². The molecule has 3 aromatic rings. The van der Waals surface area contributed by atoms with E-state index in [0.717, 1.165) is 26.8 Å². The smallest absolute Gasteiger partial charge is 0.321 e. The summed E-state index contributed by atoms with van der Waals surface area (Å²) in [6, 6.07) is 16.1. The lowest BCUT2D eigenvalue weighted by Gasteiger charge is -2.25. The molecule has 5 heteroatoms. The number of ether oxygens (including phenoxy) is 1. The highest BCUT2D eigenvalue weighted by Gasteiger charge is 2.32. The van der Waals surface area contributed by atoms with Gasteiger partial charge in [-0.2, -0.15) is 5.26 Å². The Morgan fingerprint density at radius 2 is 1.90 bits per heavy atom. The van der Waals surface area contributed by atoms with Crippen LogP contribution in [0.15, 0.2) is 59.8 Å². The third-order valence-electron chi connectivity index (χ3n) is 4.95. The number of fused-ring (bicyclic) bond motifs is 1. The molecule has 1 aromatic heterocycles. The molecule has 0 amide bonds. The second-order valence-electron chi connectivity index (χ2n) is 7.33. The van der Waals surface area contributed by atoms with Gasteiger partial charge in [-0.05, 0) is 54.8 Å². The van der Waals surface area contributed by atoms with Gasteiger partial charge in [-0.3, -0.25) is 9.78 Å². The molecule has 3 rings (SSSR count). The van der Waals surface area contributed by atoms with E-state index in [-0.39, 0.29) is 11.9 Å². The van der Waals surface area contributed by atoms with Crippen molar-refractivity contribution in [2.45, 2.75) is 43.3 Å². The van der Waals surface area contributed by atoms with Crippen molar-refractivity contribution in [3.05, 3.63) is 71.5 Å². The lowest BCUT2D eigenvalue weighted by Crippen LogP contribution is -2.30. The zero-order valence-electron chi connectivity index (χ0n) is 17.1. The molecule has 0 spiro atoms. The maximum Gasteiger partial charge on any atom is 0.321 e. The Balaban J connectivity index is 2.04.